The molecule has 0 saturated carbocycles. The smallest absolute Gasteiger partial charge is 0.409 e. The molecule has 1 N–H and O–H groups in total. The number of carbonyl (C=O) groups excluding carboxylic acids is 1. The van der Waals surface area contributed by atoms with Crippen LogP contribution in [0.5, 0.6) is 0 Å². The number of hydrogen-bond acceptors (Lipinski definition) is 3. The number of carbonyl (C=O) groups is 1. The van der Waals surface area contributed by atoms with Crippen molar-refractivity contribution in [2.45, 2.75) is 25.7 Å². The molecular formula is C22H25NO3. The number of aliphatic hydroxyl groups is 1. The van der Waals surface area contributed by atoms with Crippen LogP contribution >= 0.6 is 0 Å². The summed E-state index contributed by atoms with van der Waals surface area (Å²) in [4.78, 5) is 14.3. The number of amides is 1. The van der Waals surface area contributed by atoms with Gasteiger partial charge in [0.05, 0.1) is 0 Å². The van der Waals surface area contributed by atoms with Gasteiger partial charge < -0.3 is 14.7 Å². The molecule has 136 valence electrons. The number of benzene rings is 2. The first-order valence-electron chi connectivity index (χ1n) is 9.32. The van der Waals surface area contributed by atoms with E-state index in [-0.39, 0.29) is 24.0 Å². The molecule has 1 atom stereocenters. The zero-order valence-electron chi connectivity index (χ0n) is 15.1. The molecular weight excluding hydrogens is 326 g/mol. The van der Waals surface area contributed by atoms with Gasteiger partial charge in [0.15, 0.2) is 0 Å². The molecule has 4 rings (SSSR count). The quantitative estimate of drug-likeness (QED) is 0.905. The lowest BCUT2D eigenvalue weighted by atomic mass is 9.86. The van der Waals surface area contributed by atoms with Crippen LogP contribution in [0.15, 0.2) is 48.5 Å². The second-order valence-corrected chi connectivity index (χ2v) is 7.76. The lowest BCUT2D eigenvalue weighted by Gasteiger charge is -2.24. The van der Waals surface area contributed by atoms with E-state index in [4.69, 9.17) is 4.74 Å². The van der Waals surface area contributed by atoms with E-state index in [0.717, 1.165) is 12.8 Å². The molecule has 2 aliphatic rings. The molecule has 0 bridgehead atoms. The highest BCUT2D eigenvalue weighted by Crippen LogP contribution is 2.44. The van der Waals surface area contributed by atoms with Crippen LogP contribution in [0.3, 0.4) is 0 Å². The van der Waals surface area contributed by atoms with E-state index in [0.29, 0.717) is 19.7 Å². The monoisotopic (exact) mass is 351 g/mol. The fourth-order valence-corrected chi connectivity index (χ4v) is 4.34. The molecule has 0 aromatic heterocycles. The predicted molar refractivity (Wildman–Crippen MR) is 101 cm³/mol. The summed E-state index contributed by atoms with van der Waals surface area (Å²) in [6.07, 6.45) is 1.39. The number of hydrogen-bond donors (Lipinski definition) is 1. The molecule has 0 spiro atoms. The van der Waals surface area contributed by atoms with Gasteiger partial charge in [-0.2, -0.15) is 0 Å². The van der Waals surface area contributed by atoms with Gasteiger partial charge in [-0.25, -0.2) is 4.79 Å². The van der Waals surface area contributed by atoms with Crippen molar-refractivity contribution in [2.24, 2.45) is 5.41 Å². The SMILES string of the molecule is CC1(CCO)CCN(C(=O)OCC2c3ccccc3-c3ccccc32)C1. The van der Waals surface area contributed by atoms with Crippen LogP contribution in [0.1, 0.15) is 36.8 Å². The minimum Gasteiger partial charge on any atom is -0.448 e. The van der Waals surface area contributed by atoms with E-state index >= 15 is 0 Å². The van der Waals surface area contributed by atoms with Crippen LogP contribution in [-0.4, -0.2) is 42.4 Å². The highest BCUT2D eigenvalue weighted by atomic mass is 16.6. The van der Waals surface area contributed by atoms with Crippen LogP contribution in [0.2, 0.25) is 0 Å². The molecule has 1 saturated heterocycles. The van der Waals surface area contributed by atoms with Crippen molar-refractivity contribution < 1.29 is 14.6 Å². The Morgan fingerprint density at radius 2 is 1.77 bits per heavy atom. The van der Waals surface area contributed by atoms with Crippen molar-refractivity contribution in [1.29, 1.82) is 0 Å². The van der Waals surface area contributed by atoms with Crippen LogP contribution in [-0.2, 0) is 4.74 Å². The fourth-order valence-electron chi connectivity index (χ4n) is 4.34. The third kappa shape index (κ3) is 2.99. The van der Waals surface area contributed by atoms with Crippen LogP contribution in [0.4, 0.5) is 4.79 Å². The molecule has 1 unspecified atom stereocenters. The first kappa shape index (κ1) is 17.1. The molecule has 1 aliphatic heterocycles. The Kier molecular flexibility index (Phi) is 4.45. The van der Waals surface area contributed by atoms with Gasteiger partial charge in [0, 0.05) is 25.6 Å². The average Bonchev–Trinajstić information content (AvgIpc) is 3.19. The van der Waals surface area contributed by atoms with Crippen molar-refractivity contribution in [3.8, 4) is 11.1 Å². The van der Waals surface area contributed by atoms with Crippen molar-refractivity contribution in [2.75, 3.05) is 26.3 Å². The van der Waals surface area contributed by atoms with Crippen LogP contribution in [0.25, 0.3) is 11.1 Å². The van der Waals surface area contributed by atoms with Crippen molar-refractivity contribution in [3.05, 3.63) is 59.7 Å². The third-order valence-corrected chi connectivity index (χ3v) is 5.87. The highest BCUT2D eigenvalue weighted by molar-refractivity contribution is 5.79. The van der Waals surface area contributed by atoms with Gasteiger partial charge in [0.2, 0.25) is 0 Å². The van der Waals surface area contributed by atoms with Gasteiger partial charge in [-0.15, -0.1) is 0 Å². The first-order chi connectivity index (χ1) is 12.6. The van der Waals surface area contributed by atoms with Crippen molar-refractivity contribution in [3.63, 3.8) is 0 Å². The molecule has 26 heavy (non-hydrogen) atoms. The summed E-state index contributed by atoms with van der Waals surface area (Å²) in [6, 6.07) is 16.7. The molecule has 1 heterocycles. The number of rotatable bonds is 4. The fraction of sp³-hybridized carbons (Fsp3) is 0.409. The summed E-state index contributed by atoms with van der Waals surface area (Å²) in [5.74, 6) is 0.0952. The van der Waals surface area contributed by atoms with E-state index in [1.165, 1.54) is 22.3 Å². The van der Waals surface area contributed by atoms with Gasteiger partial charge in [0.1, 0.15) is 6.61 Å². The van der Waals surface area contributed by atoms with Crippen molar-refractivity contribution in [1.82, 2.24) is 4.90 Å². The molecule has 4 nitrogen and oxygen atoms in total. The zero-order chi connectivity index (χ0) is 18.1. The topological polar surface area (TPSA) is 49.8 Å². The standard InChI is InChI=1S/C22H25NO3/c1-22(11-13-24)10-12-23(15-22)21(25)26-14-20-18-8-4-2-6-16(18)17-7-3-5-9-19(17)20/h2-9,20,24H,10-15H2,1H3. The Hall–Kier alpha value is -2.33. The molecule has 2 aromatic carbocycles. The summed E-state index contributed by atoms with van der Waals surface area (Å²) in [5.41, 5.74) is 4.93. The highest BCUT2D eigenvalue weighted by Gasteiger charge is 2.37. The van der Waals surface area contributed by atoms with E-state index in [1.807, 2.05) is 12.1 Å². The summed E-state index contributed by atoms with van der Waals surface area (Å²) >= 11 is 0. The number of likely N-dealkylation sites (tertiary alicyclic amines) is 1. The van der Waals surface area contributed by atoms with Gasteiger partial charge in [-0.05, 0) is 40.5 Å². The largest absolute Gasteiger partial charge is 0.448 e. The Labute approximate surface area is 154 Å². The minimum atomic E-state index is -0.242. The number of aliphatic hydroxyl groups excluding tert-OH is 1. The maximum atomic E-state index is 12.6. The average molecular weight is 351 g/mol. The van der Waals surface area contributed by atoms with E-state index in [2.05, 4.69) is 43.3 Å². The molecule has 4 heteroatoms. The Balaban J connectivity index is 1.46. The van der Waals surface area contributed by atoms with E-state index in [1.54, 1.807) is 4.90 Å². The Morgan fingerprint density at radius 3 is 2.38 bits per heavy atom. The molecule has 0 radical (unpaired) electrons. The second kappa shape index (κ2) is 6.76. The summed E-state index contributed by atoms with van der Waals surface area (Å²) in [5, 5.41) is 9.21. The number of nitrogens with zero attached hydrogens (tertiary/aromatic N) is 1. The number of ether oxygens (including phenoxy) is 1. The summed E-state index contributed by atoms with van der Waals surface area (Å²) < 4.78 is 5.72. The maximum absolute atomic E-state index is 12.6. The van der Waals surface area contributed by atoms with E-state index in [9.17, 15) is 9.90 Å². The zero-order valence-corrected chi connectivity index (χ0v) is 15.1. The molecule has 2 aromatic rings. The van der Waals surface area contributed by atoms with Gasteiger partial charge >= 0.3 is 6.09 Å². The van der Waals surface area contributed by atoms with E-state index < -0.39 is 0 Å². The Morgan fingerprint density at radius 1 is 1.15 bits per heavy atom. The lowest BCUT2D eigenvalue weighted by Crippen LogP contribution is -2.32. The van der Waals surface area contributed by atoms with Gasteiger partial charge in [0.25, 0.3) is 0 Å². The van der Waals surface area contributed by atoms with Crippen LogP contribution < -0.4 is 0 Å². The molecule has 1 aliphatic carbocycles. The predicted octanol–water partition coefficient (Wildman–Crippen LogP) is 4.03. The van der Waals surface area contributed by atoms with Gasteiger partial charge in [-0.3, -0.25) is 0 Å². The third-order valence-electron chi connectivity index (χ3n) is 5.87. The number of fused-ring (bicyclic) bond motifs is 3. The maximum Gasteiger partial charge on any atom is 0.409 e. The summed E-state index contributed by atoms with van der Waals surface area (Å²) in [7, 11) is 0. The normalized spacial score (nSPS) is 21.5. The lowest BCUT2D eigenvalue weighted by molar-refractivity contribution is 0.102. The minimum absolute atomic E-state index is 0.000325. The first-order valence-corrected chi connectivity index (χ1v) is 9.32. The van der Waals surface area contributed by atoms with Gasteiger partial charge in [-0.1, -0.05) is 55.5 Å². The molecule has 1 amide bonds. The summed E-state index contributed by atoms with van der Waals surface area (Å²) in [6.45, 7) is 4.01. The second-order valence-electron chi connectivity index (χ2n) is 7.76. The van der Waals surface area contributed by atoms with Crippen molar-refractivity contribution >= 4 is 6.09 Å². The molecule has 1 fully saturated rings. The van der Waals surface area contributed by atoms with Crippen LogP contribution in [0, 0.1) is 5.41 Å². The Bertz CT molecular complexity index is 773.